The Balaban J connectivity index is 1.74. The minimum absolute atomic E-state index is 0.0525. The van der Waals surface area contributed by atoms with Crippen LogP contribution in [0.15, 0.2) is 24.3 Å². The topological polar surface area (TPSA) is 61.4 Å². The van der Waals surface area contributed by atoms with Crippen molar-refractivity contribution in [1.29, 1.82) is 0 Å². The fourth-order valence-corrected chi connectivity index (χ4v) is 3.73. The molecule has 0 aromatic heterocycles. The maximum Gasteiger partial charge on any atom is 0.234 e. The van der Waals surface area contributed by atoms with Gasteiger partial charge in [0.1, 0.15) is 0 Å². The third kappa shape index (κ3) is 6.23. The Morgan fingerprint density at radius 1 is 1.22 bits per heavy atom. The molecular weight excluding hydrogens is 310 g/mol. The Morgan fingerprint density at radius 2 is 1.87 bits per heavy atom. The molecule has 5 nitrogen and oxygen atoms in total. The first kappa shape index (κ1) is 17.8. The highest BCUT2D eigenvalue weighted by atomic mass is 32.2. The number of benzene rings is 1. The second-order valence-corrected chi connectivity index (χ2v) is 7.14. The van der Waals surface area contributed by atoms with Crippen molar-refractivity contribution in [3.63, 3.8) is 0 Å². The van der Waals surface area contributed by atoms with E-state index in [1.165, 1.54) is 31.3 Å². The SMILES string of the molecule is CC(=O)Nc1ccc(CNC(=O)CN(C)C2CCSCC2)cc1. The molecule has 0 radical (unpaired) electrons. The van der Waals surface area contributed by atoms with Gasteiger partial charge in [-0.3, -0.25) is 14.5 Å². The van der Waals surface area contributed by atoms with Gasteiger partial charge in [-0.15, -0.1) is 0 Å². The fraction of sp³-hybridized carbons (Fsp3) is 0.529. The number of nitrogens with one attached hydrogen (secondary N) is 2. The molecule has 2 rings (SSSR count). The fourth-order valence-electron chi connectivity index (χ4n) is 2.65. The van der Waals surface area contributed by atoms with Crippen molar-refractivity contribution in [1.82, 2.24) is 10.2 Å². The lowest BCUT2D eigenvalue weighted by atomic mass is 10.1. The van der Waals surface area contributed by atoms with Crippen molar-refractivity contribution in [2.75, 3.05) is 30.4 Å². The molecule has 1 heterocycles. The van der Waals surface area contributed by atoms with Gasteiger partial charge in [0, 0.05) is 25.2 Å². The highest BCUT2D eigenvalue weighted by Gasteiger charge is 2.19. The van der Waals surface area contributed by atoms with Gasteiger partial charge >= 0.3 is 0 Å². The lowest BCUT2D eigenvalue weighted by Crippen LogP contribution is -2.41. The van der Waals surface area contributed by atoms with E-state index in [0.29, 0.717) is 19.1 Å². The molecule has 1 aromatic rings. The van der Waals surface area contributed by atoms with Crippen LogP contribution in [0.25, 0.3) is 0 Å². The number of likely N-dealkylation sites (N-methyl/N-ethyl adjacent to an activating group) is 1. The van der Waals surface area contributed by atoms with Crippen LogP contribution in [0.4, 0.5) is 5.69 Å². The molecule has 1 aliphatic rings. The van der Waals surface area contributed by atoms with Crippen LogP contribution in [0.1, 0.15) is 25.3 Å². The summed E-state index contributed by atoms with van der Waals surface area (Å²) in [6, 6.07) is 8.03. The molecule has 2 N–H and O–H groups in total. The van der Waals surface area contributed by atoms with Crippen molar-refractivity contribution in [2.24, 2.45) is 0 Å². The molecule has 1 aliphatic heterocycles. The molecule has 1 aromatic carbocycles. The van der Waals surface area contributed by atoms with Gasteiger partial charge in [-0.2, -0.15) is 11.8 Å². The summed E-state index contributed by atoms with van der Waals surface area (Å²) in [5, 5.41) is 5.68. The molecule has 0 saturated carbocycles. The Hall–Kier alpha value is -1.53. The van der Waals surface area contributed by atoms with Gasteiger partial charge in [-0.1, -0.05) is 12.1 Å². The van der Waals surface area contributed by atoms with Gasteiger partial charge < -0.3 is 10.6 Å². The largest absolute Gasteiger partial charge is 0.351 e. The second-order valence-electron chi connectivity index (χ2n) is 5.91. The van der Waals surface area contributed by atoms with Crippen LogP contribution in [-0.4, -0.2) is 47.9 Å². The molecule has 0 aliphatic carbocycles. The van der Waals surface area contributed by atoms with Gasteiger partial charge in [0.05, 0.1) is 6.54 Å². The molecule has 126 valence electrons. The van der Waals surface area contributed by atoms with Crippen molar-refractivity contribution in [3.05, 3.63) is 29.8 Å². The van der Waals surface area contributed by atoms with E-state index in [4.69, 9.17) is 0 Å². The first-order valence-electron chi connectivity index (χ1n) is 7.96. The van der Waals surface area contributed by atoms with E-state index in [2.05, 4.69) is 15.5 Å². The third-order valence-electron chi connectivity index (χ3n) is 3.97. The Labute approximate surface area is 142 Å². The van der Waals surface area contributed by atoms with Gasteiger partial charge in [-0.05, 0) is 49.1 Å². The monoisotopic (exact) mass is 335 g/mol. The number of hydrogen-bond acceptors (Lipinski definition) is 4. The molecule has 0 unspecified atom stereocenters. The van der Waals surface area contributed by atoms with E-state index in [1.807, 2.05) is 43.1 Å². The van der Waals surface area contributed by atoms with Gasteiger partial charge in [0.2, 0.25) is 11.8 Å². The Morgan fingerprint density at radius 3 is 2.48 bits per heavy atom. The summed E-state index contributed by atoms with van der Waals surface area (Å²) in [7, 11) is 2.03. The lowest BCUT2D eigenvalue weighted by Gasteiger charge is -2.30. The molecule has 23 heavy (non-hydrogen) atoms. The smallest absolute Gasteiger partial charge is 0.234 e. The summed E-state index contributed by atoms with van der Waals surface area (Å²) < 4.78 is 0. The number of carbonyl (C=O) groups is 2. The van der Waals surface area contributed by atoms with Crippen molar-refractivity contribution in [2.45, 2.75) is 32.4 Å². The van der Waals surface area contributed by atoms with E-state index in [-0.39, 0.29) is 11.8 Å². The highest BCUT2D eigenvalue weighted by molar-refractivity contribution is 7.99. The number of rotatable bonds is 6. The van der Waals surface area contributed by atoms with E-state index in [9.17, 15) is 9.59 Å². The predicted molar refractivity (Wildman–Crippen MR) is 95.6 cm³/mol. The number of anilines is 1. The van der Waals surface area contributed by atoms with E-state index < -0.39 is 0 Å². The Kier molecular flexibility index (Phi) is 6.92. The van der Waals surface area contributed by atoms with E-state index in [0.717, 1.165) is 11.3 Å². The lowest BCUT2D eigenvalue weighted by molar-refractivity contribution is -0.122. The number of carbonyl (C=O) groups excluding carboxylic acids is 2. The summed E-state index contributed by atoms with van der Waals surface area (Å²) in [4.78, 5) is 25.2. The molecule has 0 spiro atoms. The zero-order valence-corrected chi connectivity index (χ0v) is 14.6. The van der Waals surface area contributed by atoms with E-state index in [1.54, 1.807) is 0 Å². The van der Waals surface area contributed by atoms with Crippen LogP contribution in [0.3, 0.4) is 0 Å². The zero-order chi connectivity index (χ0) is 16.7. The summed E-state index contributed by atoms with van der Waals surface area (Å²) in [6.07, 6.45) is 2.33. The average Bonchev–Trinajstić information content (AvgIpc) is 2.54. The quantitative estimate of drug-likeness (QED) is 0.836. The number of hydrogen-bond donors (Lipinski definition) is 2. The second kappa shape index (κ2) is 8.93. The zero-order valence-electron chi connectivity index (χ0n) is 13.8. The van der Waals surface area contributed by atoms with Gasteiger partial charge in [-0.25, -0.2) is 0 Å². The molecule has 1 saturated heterocycles. The summed E-state index contributed by atoms with van der Waals surface area (Å²) in [6.45, 7) is 2.43. The first-order chi connectivity index (χ1) is 11.0. The van der Waals surface area contributed by atoms with Crippen LogP contribution >= 0.6 is 11.8 Å². The van der Waals surface area contributed by atoms with Crippen LogP contribution in [0.2, 0.25) is 0 Å². The van der Waals surface area contributed by atoms with Crippen LogP contribution in [-0.2, 0) is 16.1 Å². The Bertz CT molecular complexity index is 527. The number of nitrogens with zero attached hydrogens (tertiary/aromatic N) is 1. The minimum atomic E-state index is -0.0878. The summed E-state index contributed by atoms with van der Waals surface area (Å²) >= 11 is 1.99. The van der Waals surface area contributed by atoms with Gasteiger partial charge in [0.15, 0.2) is 0 Å². The van der Waals surface area contributed by atoms with Crippen LogP contribution in [0.5, 0.6) is 0 Å². The predicted octanol–water partition coefficient (Wildman–Crippen LogP) is 2.09. The van der Waals surface area contributed by atoms with Crippen molar-refractivity contribution in [3.8, 4) is 0 Å². The first-order valence-corrected chi connectivity index (χ1v) is 9.11. The molecule has 0 bridgehead atoms. The number of amides is 2. The van der Waals surface area contributed by atoms with Gasteiger partial charge in [0.25, 0.3) is 0 Å². The standard InChI is InChI=1S/C17H25N3O2S/c1-13(21)19-15-5-3-14(4-6-15)11-18-17(22)12-20(2)16-7-9-23-10-8-16/h3-6,16H,7-12H2,1-2H3,(H,18,22)(H,19,21). The highest BCUT2D eigenvalue weighted by Crippen LogP contribution is 2.20. The summed E-state index contributed by atoms with van der Waals surface area (Å²) in [5.74, 6) is 2.35. The maximum atomic E-state index is 12.1. The molecular formula is C17H25N3O2S. The van der Waals surface area contributed by atoms with Crippen LogP contribution < -0.4 is 10.6 Å². The molecule has 0 atom stereocenters. The molecule has 2 amide bonds. The normalized spacial score (nSPS) is 15.4. The van der Waals surface area contributed by atoms with Crippen LogP contribution in [0, 0.1) is 0 Å². The van der Waals surface area contributed by atoms with E-state index >= 15 is 0 Å². The third-order valence-corrected chi connectivity index (χ3v) is 5.02. The summed E-state index contributed by atoms with van der Waals surface area (Å²) in [5.41, 5.74) is 1.78. The minimum Gasteiger partial charge on any atom is -0.351 e. The average molecular weight is 335 g/mol. The van der Waals surface area contributed by atoms with Crippen molar-refractivity contribution >= 4 is 29.3 Å². The van der Waals surface area contributed by atoms with Crippen molar-refractivity contribution < 1.29 is 9.59 Å². The number of thioether (sulfide) groups is 1. The maximum absolute atomic E-state index is 12.1. The molecule has 1 fully saturated rings. The molecule has 6 heteroatoms.